The molecule has 0 spiro atoms. The number of carbonyl (C=O) groups is 1. The minimum atomic E-state index is -0.785. The third-order valence-electron chi connectivity index (χ3n) is 2.44. The van der Waals surface area contributed by atoms with Gasteiger partial charge in [0, 0.05) is 5.56 Å². The van der Waals surface area contributed by atoms with Gasteiger partial charge < -0.3 is 4.74 Å². The molecule has 0 bridgehead atoms. The smallest absolute Gasteiger partial charge is 0.370 e. The summed E-state index contributed by atoms with van der Waals surface area (Å²) in [4.78, 5) is 10.6. The summed E-state index contributed by atoms with van der Waals surface area (Å²) < 4.78 is 4.59. The maximum atomic E-state index is 10.6. The van der Waals surface area contributed by atoms with E-state index in [1.807, 2.05) is 42.5 Å². The van der Waals surface area contributed by atoms with E-state index in [-0.39, 0.29) is 5.90 Å². The largest absolute Gasteiger partial charge is 0.399 e. The lowest BCUT2D eigenvalue weighted by Crippen LogP contribution is -2.06. The molecule has 0 aliphatic carbocycles. The average molecular weight is 257 g/mol. The van der Waals surface area contributed by atoms with Crippen molar-refractivity contribution in [2.75, 3.05) is 0 Å². The van der Waals surface area contributed by atoms with Gasteiger partial charge in [-0.15, -0.1) is 0 Å². The van der Waals surface area contributed by atoms with Crippen LogP contribution in [-0.4, -0.2) is 11.2 Å². The van der Waals surface area contributed by atoms with Crippen LogP contribution in [0.3, 0.4) is 0 Å². The van der Waals surface area contributed by atoms with E-state index >= 15 is 0 Å². The van der Waals surface area contributed by atoms with Crippen LogP contribution in [0.2, 0.25) is 0 Å². The molecule has 0 radical (unpaired) electrons. The van der Waals surface area contributed by atoms with Crippen LogP contribution in [0.15, 0.2) is 54.6 Å². The first-order valence-corrected chi connectivity index (χ1v) is 5.77. The van der Waals surface area contributed by atoms with Crippen molar-refractivity contribution in [3.8, 4) is 11.1 Å². The second-order valence-electron chi connectivity index (χ2n) is 3.64. The molecule has 2 aromatic rings. The number of thiol groups is 1. The highest BCUT2D eigenvalue weighted by Gasteiger charge is 2.06. The van der Waals surface area contributed by atoms with Crippen LogP contribution in [0.4, 0.5) is 4.79 Å². The molecule has 18 heavy (non-hydrogen) atoms. The predicted molar refractivity (Wildman–Crippen MR) is 74.2 cm³/mol. The van der Waals surface area contributed by atoms with Gasteiger partial charge in [-0.1, -0.05) is 55.1 Å². The molecule has 0 saturated heterocycles. The molecule has 0 atom stereocenters. The first kappa shape index (κ1) is 12.4. The number of rotatable bonds is 2. The van der Waals surface area contributed by atoms with Gasteiger partial charge in [0.2, 0.25) is 5.90 Å². The van der Waals surface area contributed by atoms with Crippen LogP contribution in [0.5, 0.6) is 0 Å². The molecule has 0 fully saturated rings. The zero-order valence-corrected chi connectivity index (χ0v) is 10.4. The van der Waals surface area contributed by atoms with Crippen molar-refractivity contribution < 1.29 is 9.53 Å². The molecular formula is C14H11NO2S. The van der Waals surface area contributed by atoms with E-state index in [1.165, 1.54) is 0 Å². The number of ether oxygens (including phenoxy) is 1. The van der Waals surface area contributed by atoms with E-state index in [9.17, 15) is 4.79 Å². The second kappa shape index (κ2) is 5.51. The van der Waals surface area contributed by atoms with Crippen LogP contribution in [0.25, 0.3) is 11.1 Å². The van der Waals surface area contributed by atoms with Gasteiger partial charge in [-0.3, -0.25) is 5.41 Å². The molecular weight excluding hydrogens is 246 g/mol. The molecule has 0 amide bonds. The third kappa shape index (κ3) is 2.99. The summed E-state index contributed by atoms with van der Waals surface area (Å²) >= 11 is 3.46. The summed E-state index contributed by atoms with van der Waals surface area (Å²) in [7, 11) is 0. The lowest BCUT2D eigenvalue weighted by Gasteiger charge is -2.05. The lowest BCUT2D eigenvalue weighted by molar-refractivity contribution is 0.225. The number of hydrogen-bond donors (Lipinski definition) is 2. The molecule has 2 rings (SSSR count). The Balaban J connectivity index is 2.20. The van der Waals surface area contributed by atoms with Gasteiger partial charge in [-0.25, -0.2) is 4.79 Å². The zero-order chi connectivity index (χ0) is 13.0. The number of nitrogens with one attached hydrogen (secondary N) is 1. The fourth-order valence-electron chi connectivity index (χ4n) is 1.59. The van der Waals surface area contributed by atoms with Gasteiger partial charge in [0.1, 0.15) is 0 Å². The monoisotopic (exact) mass is 257 g/mol. The van der Waals surface area contributed by atoms with E-state index in [4.69, 9.17) is 5.41 Å². The van der Waals surface area contributed by atoms with Crippen molar-refractivity contribution in [3.63, 3.8) is 0 Å². The summed E-state index contributed by atoms with van der Waals surface area (Å²) in [5, 5.41) is 6.76. The molecule has 0 aliphatic heterocycles. The molecule has 4 heteroatoms. The Labute approximate surface area is 110 Å². The molecule has 0 saturated carbocycles. The van der Waals surface area contributed by atoms with Gasteiger partial charge >= 0.3 is 5.30 Å². The van der Waals surface area contributed by atoms with E-state index in [1.54, 1.807) is 12.1 Å². The highest BCUT2D eigenvalue weighted by atomic mass is 32.1. The number of hydrogen-bond acceptors (Lipinski definition) is 3. The maximum Gasteiger partial charge on any atom is 0.370 e. The van der Waals surface area contributed by atoms with Gasteiger partial charge in [-0.05, 0) is 23.3 Å². The zero-order valence-electron chi connectivity index (χ0n) is 9.46. The summed E-state index contributed by atoms with van der Waals surface area (Å²) in [6, 6.07) is 17.1. The minimum absolute atomic E-state index is 0.199. The normalized spacial score (nSPS) is 9.83. The molecule has 1 N–H and O–H groups in total. The van der Waals surface area contributed by atoms with E-state index < -0.39 is 5.30 Å². The highest BCUT2D eigenvalue weighted by Crippen LogP contribution is 2.19. The number of benzene rings is 2. The number of carbonyl (C=O) groups excluding carboxylic acids is 1. The van der Waals surface area contributed by atoms with Crippen LogP contribution in [0.1, 0.15) is 5.56 Å². The Morgan fingerprint density at radius 2 is 1.50 bits per heavy atom. The Morgan fingerprint density at radius 3 is 2.06 bits per heavy atom. The standard InChI is InChI=1S/C14H11NO2S/c15-13(17-14(16)18)12-8-6-11(7-9-12)10-4-2-1-3-5-10/h1-9,15H,(H,16,18). The van der Waals surface area contributed by atoms with Crippen molar-refractivity contribution >= 4 is 23.8 Å². The predicted octanol–water partition coefficient (Wildman–Crippen LogP) is 3.75. The van der Waals surface area contributed by atoms with Gasteiger partial charge in [0.25, 0.3) is 0 Å². The van der Waals surface area contributed by atoms with Gasteiger partial charge in [0.15, 0.2) is 0 Å². The van der Waals surface area contributed by atoms with Crippen molar-refractivity contribution in [1.29, 1.82) is 5.41 Å². The lowest BCUT2D eigenvalue weighted by atomic mass is 10.0. The van der Waals surface area contributed by atoms with Crippen molar-refractivity contribution in [2.45, 2.75) is 0 Å². The topological polar surface area (TPSA) is 50.1 Å². The Hall–Kier alpha value is -2.07. The van der Waals surface area contributed by atoms with Gasteiger partial charge in [-0.2, -0.15) is 0 Å². The van der Waals surface area contributed by atoms with Crippen molar-refractivity contribution in [2.24, 2.45) is 0 Å². The minimum Gasteiger partial charge on any atom is -0.399 e. The molecule has 0 heterocycles. The summed E-state index contributed by atoms with van der Waals surface area (Å²) in [5.41, 5.74) is 2.68. The fourth-order valence-corrected chi connectivity index (χ4v) is 1.68. The second-order valence-corrected chi connectivity index (χ2v) is 4.01. The van der Waals surface area contributed by atoms with Gasteiger partial charge in [0.05, 0.1) is 0 Å². The van der Waals surface area contributed by atoms with Crippen LogP contribution in [-0.2, 0) is 4.74 Å². The van der Waals surface area contributed by atoms with E-state index in [2.05, 4.69) is 17.4 Å². The molecule has 0 unspecified atom stereocenters. The molecule has 3 nitrogen and oxygen atoms in total. The maximum absolute atomic E-state index is 10.6. The molecule has 0 aliphatic rings. The molecule has 0 aromatic heterocycles. The Kier molecular flexibility index (Phi) is 3.79. The Morgan fingerprint density at radius 1 is 0.944 bits per heavy atom. The van der Waals surface area contributed by atoms with E-state index in [0.29, 0.717) is 5.56 Å². The highest BCUT2D eigenvalue weighted by molar-refractivity contribution is 7.96. The summed E-state index contributed by atoms with van der Waals surface area (Å²) in [6.07, 6.45) is 0. The van der Waals surface area contributed by atoms with Crippen LogP contribution in [0, 0.1) is 5.41 Å². The molecule has 90 valence electrons. The summed E-state index contributed by atoms with van der Waals surface area (Å²) in [6.45, 7) is 0. The van der Waals surface area contributed by atoms with Crippen LogP contribution < -0.4 is 0 Å². The van der Waals surface area contributed by atoms with Crippen molar-refractivity contribution in [3.05, 3.63) is 60.2 Å². The fraction of sp³-hybridized carbons (Fsp3) is 0. The SMILES string of the molecule is N=C(OC(=O)S)c1ccc(-c2ccccc2)cc1. The quantitative estimate of drug-likeness (QED) is 0.372. The third-order valence-corrected chi connectivity index (χ3v) is 2.53. The first-order valence-electron chi connectivity index (χ1n) is 5.32. The van der Waals surface area contributed by atoms with Crippen LogP contribution >= 0.6 is 12.6 Å². The molecule has 2 aromatic carbocycles. The summed E-state index contributed by atoms with van der Waals surface area (Å²) in [5.74, 6) is -0.199. The van der Waals surface area contributed by atoms with Crippen molar-refractivity contribution in [1.82, 2.24) is 0 Å². The Bertz CT molecular complexity index is 564. The first-order chi connectivity index (χ1) is 8.66. The van der Waals surface area contributed by atoms with E-state index in [0.717, 1.165) is 11.1 Å². The average Bonchev–Trinajstić information content (AvgIpc) is 2.39.